The van der Waals surface area contributed by atoms with E-state index in [1.807, 2.05) is 12.1 Å². The Hall–Kier alpha value is -1.29. The van der Waals surface area contributed by atoms with Crippen LogP contribution in [0.1, 0.15) is 38.9 Å². The summed E-state index contributed by atoms with van der Waals surface area (Å²) < 4.78 is 5.23. The number of aryl methyl sites for hydroxylation is 1. The van der Waals surface area contributed by atoms with Crippen molar-refractivity contribution in [1.29, 1.82) is 0 Å². The third kappa shape index (κ3) is 4.67. The van der Waals surface area contributed by atoms with Gasteiger partial charge in [-0.05, 0) is 50.9 Å². The summed E-state index contributed by atoms with van der Waals surface area (Å²) in [5.74, 6) is 1.83. The van der Waals surface area contributed by atoms with E-state index in [0.717, 1.165) is 31.3 Å². The SMILES string of the molecule is CC1CCN(C(C)CNC(=O)CCc2ccco2)CC1. The maximum atomic E-state index is 11.8. The Morgan fingerprint density at radius 2 is 2.25 bits per heavy atom. The van der Waals surface area contributed by atoms with Crippen LogP contribution in [0.4, 0.5) is 0 Å². The van der Waals surface area contributed by atoms with Crippen molar-refractivity contribution in [3.05, 3.63) is 24.2 Å². The van der Waals surface area contributed by atoms with Gasteiger partial charge >= 0.3 is 0 Å². The Kier molecular flexibility index (Phi) is 5.65. The third-order valence-corrected chi connectivity index (χ3v) is 4.21. The fourth-order valence-electron chi connectivity index (χ4n) is 2.64. The van der Waals surface area contributed by atoms with Crippen LogP contribution in [0.5, 0.6) is 0 Å². The number of furan rings is 1. The number of carbonyl (C=O) groups is 1. The van der Waals surface area contributed by atoms with Crippen LogP contribution in [0.2, 0.25) is 0 Å². The molecule has 1 aliphatic rings. The Bertz CT molecular complexity index is 395. The van der Waals surface area contributed by atoms with Crippen LogP contribution in [-0.4, -0.2) is 36.5 Å². The largest absolute Gasteiger partial charge is 0.469 e. The summed E-state index contributed by atoms with van der Waals surface area (Å²) in [4.78, 5) is 14.3. The smallest absolute Gasteiger partial charge is 0.220 e. The molecule has 4 nitrogen and oxygen atoms in total. The van der Waals surface area contributed by atoms with E-state index in [0.29, 0.717) is 18.9 Å². The maximum absolute atomic E-state index is 11.8. The number of rotatable bonds is 6. The minimum Gasteiger partial charge on any atom is -0.469 e. The molecule has 1 N–H and O–H groups in total. The highest BCUT2D eigenvalue weighted by atomic mass is 16.3. The predicted molar refractivity (Wildman–Crippen MR) is 79.5 cm³/mol. The number of piperidine rings is 1. The van der Waals surface area contributed by atoms with Gasteiger partial charge in [0.15, 0.2) is 0 Å². The molecule has 4 heteroatoms. The summed E-state index contributed by atoms with van der Waals surface area (Å²) in [6, 6.07) is 4.19. The second-order valence-electron chi connectivity index (χ2n) is 5.95. The summed E-state index contributed by atoms with van der Waals surface area (Å²) in [6.45, 7) is 7.57. The highest BCUT2D eigenvalue weighted by molar-refractivity contribution is 5.76. The van der Waals surface area contributed by atoms with Crippen LogP contribution in [0, 0.1) is 5.92 Å². The number of amides is 1. The molecule has 1 atom stereocenters. The molecule has 1 aliphatic heterocycles. The van der Waals surface area contributed by atoms with Crippen LogP contribution in [0.25, 0.3) is 0 Å². The van der Waals surface area contributed by atoms with E-state index in [-0.39, 0.29) is 5.91 Å². The van der Waals surface area contributed by atoms with E-state index in [9.17, 15) is 4.79 Å². The highest BCUT2D eigenvalue weighted by Crippen LogP contribution is 2.17. The average molecular weight is 278 g/mol. The molecular weight excluding hydrogens is 252 g/mol. The second kappa shape index (κ2) is 7.48. The van der Waals surface area contributed by atoms with Gasteiger partial charge < -0.3 is 9.73 Å². The number of carbonyl (C=O) groups excluding carboxylic acids is 1. The normalized spacial score (nSPS) is 18.9. The van der Waals surface area contributed by atoms with Crippen LogP contribution in [0.3, 0.4) is 0 Å². The molecule has 0 bridgehead atoms. The van der Waals surface area contributed by atoms with E-state index in [1.54, 1.807) is 6.26 Å². The average Bonchev–Trinajstić information content (AvgIpc) is 2.96. The highest BCUT2D eigenvalue weighted by Gasteiger charge is 2.20. The Morgan fingerprint density at radius 1 is 1.50 bits per heavy atom. The lowest BCUT2D eigenvalue weighted by molar-refractivity contribution is -0.121. The van der Waals surface area contributed by atoms with Crippen molar-refractivity contribution < 1.29 is 9.21 Å². The van der Waals surface area contributed by atoms with Crippen molar-refractivity contribution in [2.24, 2.45) is 5.92 Å². The topological polar surface area (TPSA) is 45.5 Å². The third-order valence-electron chi connectivity index (χ3n) is 4.21. The minimum absolute atomic E-state index is 0.110. The molecule has 0 radical (unpaired) electrons. The molecule has 1 unspecified atom stereocenters. The zero-order valence-electron chi connectivity index (χ0n) is 12.6. The lowest BCUT2D eigenvalue weighted by atomic mass is 9.98. The lowest BCUT2D eigenvalue weighted by Gasteiger charge is -2.35. The molecule has 0 saturated carbocycles. The van der Waals surface area contributed by atoms with Crippen molar-refractivity contribution in [2.45, 2.75) is 45.6 Å². The zero-order valence-corrected chi connectivity index (χ0v) is 12.6. The van der Waals surface area contributed by atoms with Gasteiger partial charge in [0.05, 0.1) is 6.26 Å². The quantitative estimate of drug-likeness (QED) is 0.869. The van der Waals surface area contributed by atoms with Crippen LogP contribution in [-0.2, 0) is 11.2 Å². The summed E-state index contributed by atoms with van der Waals surface area (Å²) in [5, 5.41) is 3.03. The lowest BCUT2D eigenvalue weighted by Crippen LogP contribution is -2.45. The van der Waals surface area contributed by atoms with Gasteiger partial charge in [0.2, 0.25) is 5.91 Å². The molecule has 1 fully saturated rings. The van der Waals surface area contributed by atoms with Gasteiger partial charge in [-0.2, -0.15) is 0 Å². The first-order chi connectivity index (χ1) is 9.65. The fourth-order valence-corrected chi connectivity index (χ4v) is 2.64. The van der Waals surface area contributed by atoms with Crippen LogP contribution in [0.15, 0.2) is 22.8 Å². The van der Waals surface area contributed by atoms with E-state index in [1.165, 1.54) is 12.8 Å². The number of likely N-dealkylation sites (tertiary alicyclic amines) is 1. The molecule has 0 spiro atoms. The molecule has 1 aromatic rings. The first kappa shape index (κ1) is 15.1. The molecule has 1 amide bonds. The molecule has 1 saturated heterocycles. The molecule has 1 aromatic heterocycles. The first-order valence-electron chi connectivity index (χ1n) is 7.68. The summed E-state index contributed by atoms with van der Waals surface area (Å²) >= 11 is 0. The van der Waals surface area contributed by atoms with Crippen molar-refractivity contribution >= 4 is 5.91 Å². The zero-order chi connectivity index (χ0) is 14.4. The number of hydrogen-bond donors (Lipinski definition) is 1. The molecule has 20 heavy (non-hydrogen) atoms. The van der Waals surface area contributed by atoms with E-state index in [4.69, 9.17) is 4.42 Å². The van der Waals surface area contributed by atoms with E-state index < -0.39 is 0 Å². The number of nitrogens with zero attached hydrogens (tertiary/aromatic N) is 1. The first-order valence-corrected chi connectivity index (χ1v) is 7.68. The number of nitrogens with one attached hydrogen (secondary N) is 1. The number of hydrogen-bond acceptors (Lipinski definition) is 3. The molecule has 2 rings (SSSR count). The Balaban J connectivity index is 1.62. The summed E-state index contributed by atoms with van der Waals surface area (Å²) in [5.41, 5.74) is 0. The van der Waals surface area contributed by atoms with Gasteiger partial charge in [-0.1, -0.05) is 6.92 Å². The summed E-state index contributed by atoms with van der Waals surface area (Å²) in [7, 11) is 0. The molecule has 0 aromatic carbocycles. The predicted octanol–water partition coefficient (Wildman–Crippen LogP) is 2.45. The van der Waals surface area contributed by atoms with Crippen molar-refractivity contribution in [1.82, 2.24) is 10.2 Å². The molecule has 2 heterocycles. The van der Waals surface area contributed by atoms with Gasteiger partial charge in [-0.25, -0.2) is 0 Å². The van der Waals surface area contributed by atoms with Crippen molar-refractivity contribution in [2.75, 3.05) is 19.6 Å². The fraction of sp³-hybridized carbons (Fsp3) is 0.688. The molecular formula is C16H26N2O2. The van der Waals surface area contributed by atoms with Crippen LogP contribution < -0.4 is 5.32 Å². The second-order valence-corrected chi connectivity index (χ2v) is 5.95. The van der Waals surface area contributed by atoms with Gasteiger partial charge in [0, 0.05) is 25.4 Å². The minimum atomic E-state index is 0.110. The van der Waals surface area contributed by atoms with Gasteiger partial charge in [-0.15, -0.1) is 0 Å². The Morgan fingerprint density at radius 3 is 2.90 bits per heavy atom. The van der Waals surface area contributed by atoms with Gasteiger partial charge in [0.25, 0.3) is 0 Å². The van der Waals surface area contributed by atoms with E-state index in [2.05, 4.69) is 24.1 Å². The monoisotopic (exact) mass is 278 g/mol. The van der Waals surface area contributed by atoms with E-state index >= 15 is 0 Å². The van der Waals surface area contributed by atoms with Crippen LogP contribution >= 0.6 is 0 Å². The maximum Gasteiger partial charge on any atom is 0.220 e. The Labute approximate surface area is 121 Å². The van der Waals surface area contributed by atoms with Gasteiger partial charge in [-0.3, -0.25) is 9.69 Å². The summed E-state index contributed by atoms with van der Waals surface area (Å²) in [6.07, 6.45) is 5.37. The van der Waals surface area contributed by atoms with Gasteiger partial charge in [0.1, 0.15) is 5.76 Å². The van der Waals surface area contributed by atoms with Crippen molar-refractivity contribution in [3.63, 3.8) is 0 Å². The molecule has 0 aliphatic carbocycles. The standard InChI is InChI=1S/C16H26N2O2/c1-13-7-9-18(10-8-13)14(2)12-17-16(19)6-5-15-4-3-11-20-15/h3-4,11,13-14H,5-10,12H2,1-2H3,(H,17,19). The van der Waals surface area contributed by atoms with Crippen molar-refractivity contribution in [3.8, 4) is 0 Å². The molecule has 112 valence electrons.